The Morgan fingerprint density at radius 2 is 2.00 bits per heavy atom. The SMILES string of the molecule is CNCCCC1Sc2ccccc2N(c2cccc(F)c2)S1(O)O. The van der Waals surface area contributed by atoms with Crippen molar-refractivity contribution in [1.29, 1.82) is 0 Å². The largest absolute Gasteiger partial charge is 0.320 e. The topological polar surface area (TPSA) is 55.7 Å². The zero-order valence-electron chi connectivity index (χ0n) is 13.4. The molecule has 130 valence electrons. The van der Waals surface area contributed by atoms with Gasteiger partial charge in [0.2, 0.25) is 0 Å². The molecule has 0 aromatic heterocycles. The summed E-state index contributed by atoms with van der Waals surface area (Å²) in [4.78, 5) is 0.974. The molecule has 1 heterocycles. The molecule has 1 atom stereocenters. The highest BCUT2D eigenvalue weighted by atomic mass is 32.3. The Hall–Kier alpha value is -1.25. The monoisotopic (exact) mass is 368 g/mol. The Labute approximate surface area is 147 Å². The molecule has 4 nitrogen and oxygen atoms in total. The molecule has 0 saturated carbocycles. The molecule has 0 aliphatic carbocycles. The first kappa shape index (κ1) is 17.6. The van der Waals surface area contributed by atoms with Crippen LogP contribution in [-0.2, 0) is 0 Å². The van der Waals surface area contributed by atoms with Gasteiger partial charge in [-0.3, -0.25) is 9.11 Å². The summed E-state index contributed by atoms with van der Waals surface area (Å²) in [6, 6.07) is 13.6. The summed E-state index contributed by atoms with van der Waals surface area (Å²) in [5.41, 5.74) is 1.17. The molecule has 1 aliphatic rings. The average molecular weight is 368 g/mol. The van der Waals surface area contributed by atoms with Crippen LogP contribution in [0, 0.1) is 5.82 Å². The third kappa shape index (κ3) is 3.41. The highest BCUT2D eigenvalue weighted by Gasteiger charge is 2.39. The first-order valence-electron chi connectivity index (χ1n) is 7.77. The number of rotatable bonds is 5. The summed E-state index contributed by atoms with van der Waals surface area (Å²) in [7, 11) is -1.25. The minimum atomic E-state index is -3.13. The summed E-state index contributed by atoms with van der Waals surface area (Å²) in [5, 5.41) is 3.08. The van der Waals surface area contributed by atoms with Crippen LogP contribution >= 0.6 is 22.5 Å². The van der Waals surface area contributed by atoms with E-state index in [0.29, 0.717) is 17.8 Å². The van der Waals surface area contributed by atoms with E-state index in [1.165, 1.54) is 28.2 Å². The van der Waals surface area contributed by atoms with Crippen LogP contribution in [0.4, 0.5) is 15.8 Å². The normalized spacial score (nSPS) is 20.5. The third-order valence-electron chi connectivity index (χ3n) is 3.87. The first-order valence-corrected chi connectivity index (χ1v) is 10.2. The second-order valence-corrected chi connectivity index (χ2v) is 9.20. The van der Waals surface area contributed by atoms with Gasteiger partial charge >= 0.3 is 0 Å². The van der Waals surface area contributed by atoms with Crippen molar-refractivity contribution >= 4 is 33.9 Å². The van der Waals surface area contributed by atoms with Crippen LogP contribution in [0.25, 0.3) is 0 Å². The van der Waals surface area contributed by atoms with E-state index < -0.39 is 16.6 Å². The van der Waals surface area contributed by atoms with Gasteiger partial charge in [0.25, 0.3) is 0 Å². The van der Waals surface area contributed by atoms with Crippen LogP contribution in [0.3, 0.4) is 0 Å². The predicted molar refractivity (Wildman–Crippen MR) is 101 cm³/mol. The number of nitrogens with zero attached hydrogens (tertiary/aromatic N) is 1. The van der Waals surface area contributed by atoms with E-state index in [0.717, 1.165) is 17.9 Å². The summed E-state index contributed by atoms with van der Waals surface area (Å²) in [5.74, 6) is -0.398. The molecule has 1 unspecified atom stereocenters. The van der Waals surface area contributed by atoms with E-state index in [2.05, 4.69) is 5.32 Å². The molecule has 3 rings (SSSR count). The van der Waals surface area contributed by atoms with Crippen LogP contribution < -0.4 is 9.62 Å². The lowest BCUT2D eigenvalue weighted by molar-refractivity contribution is 0.477. The molecule has 2 aromatic carbocycles. The van der Waals surface area contributed by atoms with Gasteiger partial charge in [0, 0.05) is 4.90 Å². The molecule has 24 heavy (non-hydrogen) atoms. The van der Waals surface area contributed by atoms with E-state index >= 15 is 0 Å². The molecule has 0 bridgehead atoms. The molecule has 2 aromatic rings. The quantitative estimate of drug-likeness (QED) is 0.644. The number of para-hydroxylation sites is 1. The van der Waals surface area contributed by atoms with E-state index in [1.807, 2.05) is 31.3 Å². The van der Waals surface area contributed by atoms with Crippen molar-refractivity contribution in [3.63, 3.8) is 0 Å². The molecule has 0 amide bonds. The second kappa shape index (κ2) is 7.33. The highest BCUT2D eigenvalue weighted by molar-refractivity contribution is 8.34. The lowest BCUT2D eigenvalue weighted by Gasteiger charge is -2.52. The molecule has 7 heteroatoms. The molecular formula is C17H21FN2O2S2. The number of hydrogen-bond acceptors (Lipinski definition) is 5. The van der Waals surface area contributed by atoms with Gasteiger partial charge in [0.1, 0.15) is 10.4 Å². The molecule has 0 spiro atoms. The summed E-state index contributed by atoms with van der Waals surface area (Å²) < 4.78 is 36.8. The maximum atomic E-state index is 13.7. The van der Waals surface area contributed by atoms with Crippen molar-refractivity contribution in [3.05, 3.63) is 54.3 Å². The van der Waals surface area contributed by atoms with Gasteiger partial charge in [0.05, 0.1) is 11.4 Å². The molecule has 0 fully saturated rings. The Morgan fingerprint density at radius 3 is 2.75 bits per heavy atom. The van der Waals surface area contributed by atoms with E-state index in [4.69, 9.17) is 0 Å². The Bertz CT molecular complexity index is 714. The van der Waals surface area contributed by atoms with E-state index in [1.54, 1.807) is 12.1 Å². The molecule has 1 aliphatic heterocycles. The minimum Gasteiger partial charge on any atom is -0.320 e. The van der Waals surface area contributed by atoms with Crippen LogP contribution in [0.15, 0.2) is 53.4 Å². The lowest BCUT2D eigenvalue weighted by atomic mass is 10.2. The molecule has 0 saturated heterocycles. The summed E-state index contributed by atoms with van der Waals surface area (Å²) >= 11 is 1.49. The van der Waals surface area contributed by atoms with Gasteiger partial charge < -0.3 is 5.32 Å². The second-order valence-electron chi connectivity index (χ2n) is 5.60. The van der Waals surface area contributed by atoms with Crippen LogP contribution in [0.1, 0.15) is 12.8 Å². The number of thioether (sulfide) groups is 1. The maximum Gasteiger partial charge on any atom is 0.125 e. The van der Waals surface area contributed by atoms with Crippen LogP contribution in [-0.4, -0.2) is 27.3 Å². The van der Waals surface area contributed by atoms with E-state index in [9.17, 15) is 13.5 Å². The molecular weight excluding hydrogens is 347 g/mol. The lowest BCUT2D eigenvalue weighted by Crippen LogP contribution is -2.33. The van der Waals surface area contributed by atoms with E-state index in [-0.39, 0.29) is 4.58 Å². The van der Waals surface area contributed by atoms with Crippen molar-refractivity contribution in [1.82, 2.24) is 5.32 Å². The van der Waals surface area contributed by atoms with Gasteiger partial charge in [-0.2, -0.15) is 0 Å². The fourth-order valence-corrected chi connectivity index (χ4v) is 6.49. The molecule has 3 N–H and O–H groups in total. The zero-order valence-corrected chi connectivity index (χ0v) is 15.0. The zero-order chi connectivity index (χ0) is 17.2. The Morgan fingerprint density at radius 1 is 1.21 bits per heavy atom. The Kier molecular flexibility index (Phi) is 5.36. The first-order chi connectivity index (χ1) is 11.5. The third-order valence-corrected chi connectivity index (χ3v) is 7.92. The maximum absolute atomic E-state index is 13.7. The fourth-order valence-electron chi connectivity index (χ4n) is 2.75. The number of halogens is 1. The average Bonchev–Trinajstić information content (AvgIpc) is 2.55. The van der Waals surface area contributed by atoms with Crippen molar-refractivity contribution in [3.8, 4) is 0 Å². The standard InChI is InChI=1S/C17H21FN2O2S2/c1-19-11-5-10-17-23-16-9-3-2-8-15(16)20(24(17,21)22)14-7-4-6-13(18)12-14/h2-4,6-9,12,17,19,21-22H,5,10-11H2,1H3. The van der Waals surface area contributed by atoms with Gasteiger partial charge in [-0.25, -0.2) is 8.70 Å². The Balaban J connectivity index is 2.03. The minimum absolute atomic E-state index is 0.357. The highest BCUT2D eigenvalue weighted by Crippen LogP contribution is 2.65. The van der Waals surface area contributed by atoms with Crippen molar-refractivity contribution in [2.24, 2.45) is 0 Å². The van der Waals surface area contributed by atoms with Gasteiger partial charge in [-0.1, -0.05) is 30.0 Å². The predicted octanol–water partition coefficient (Wildman–Crippen LogP) is 5.06. The number of anilines is 2. The summed E-state index contributed by atoms with van der Waals surface area (Å²) in [6.07, 6.45) is 1.50. The van der Waals surface area contributed by atoms with Crippen LogP contribution in [0.5, 0.6) is 0 Å². The van der Waals surface area contributed by atoms with Crippen molar-refractivity contribution < 1.29 is 13.5 Å². The van der Waals surface area contributed by atoms with Crippen LogP contribution in [0.2, 0.25) is 0 Å². The number of fused-ring (bicyclic) bond motifs is 1. The summed E-state index contributed by atoms with van der Waals surface area (Å²) in [6.45, 7) is 0.814. The molecule has 0 radical (unpaired) electrons. The smallest absolute Gasteiger partial charge is 0.125 e. The number of nitrogens with one attached hydrogen (secondary N) is 1. The van der Waals surface area contributed by atoms with Gasteiger partial charge in [-0.05, 0) is 56.8 Å². The van der Waals surface area contributed by atoms with Crippen molar-refractivity contribution in [2.45, 2.75) is 22.3 Å². The van der Waals surface area contributed by atoms with Crippen molar-refractivity contribution in [2.75, 3.05) is 17.9 Å². The van der Waals surface area contributed by atoms with Gasteiger partial charge in [0.15, 0.2) is 0 Å². The fraction of sp³-hybridized carbons (Fsp3) is 0.294. The van der Waals surface area contributed by atoms with Gasteiger partial charge in [-0.15, -0.1) is 10.8 Å². The number of benzene rings is 2. The number of hydrogen-bond donors (Lipinski definition) is 3.